The zero-order valence-electron chi connectivity index (χ0n) is 12.1. The van der Waals surface area contributed by atoms with Gasteiger partial charge in [0, 0.05) is 5.56 Å². The molecule has 0 saturated carbocycles. The van der Waals surface area contributed by atoms with E-state index in [1.165, 1.54) is 31.4 Å². The number of ether oxygens (including phenoxy) is 1. The first-order valence-electron chi connectivity index (χ1n) is 6.49. The third-order valence-corrected chi connectivity index (χ3v) is 3.05. The maximum absolute atomic E-state index is 13.6. The second-order valence-electron chi connectivity index (χ2n) is 4.54. The summed E-state index contributed by atoms with van der Waals surface area (Å²) in [6, 6.07) is 10.7. The minimum absolute atomic E-state index is 0.175. The fourth-order valence-corrected chi connectivity index (χ4v) is 1.79. The molecule has 0 aliphatic rings. The Labute approximate surface area is 127 Å². The third-order valence-electron chi connectivity index (χ3n) is 3.05. The molecule has 114 valence electrons. The molecule has 0 amide bonds. The van der Waals surface area contributed by atoms with Gasteiger partial charge in [0.2, 0.25) is 0 Å². The highest BCUT2D eigenvalue weighted by Gasteiger charge is 2.06. The minimum atomic E-state index is -0.986. The molecule has 22 heavy (non-hydrogen) atoms. The van der Waals surface area contributed by atoms with Crippen molar-refractivity contribution in [2.75, 3.05) is 12.5 Å². The quantitative estimate of drug-likeness (QED) is 0.656. The van der Waals surface area contributed by atoms with Crippen LogP contribution in [0.1, 0.15) is 22.8 Å². The number of nitrogens with zero attached hydrogens (tertiary/aromatic N) is 1. The molecule has 0 aromatic heterocycles. The number of benzene rings is 2. The fourth-order valence-electron chi connectivity index (χ4n) is 1.79. The van der Waals surface area contributed by atoms with E-state index < -0.39 is 11.8 Å². The van der Waals surface area contributed by atoms with Gasteiger partial charge in [-0.2, -0.15) is 5.10 Å². The van der Waals surface area contributed by atoms with E-state index in [9.17, 15) is 9.18 Å². The second kappa shape index (κ2) is 6.71. The highest BCUT2D eigenvalue weighted by molar-refractivity contribution is 5.99. The normalized spacial score (nSPS) is 11.1. The molecule has 6 heteroatoms. The Kier molecular flexibility index (Phi) is 4.73. The lowest BCUT2D eigenvalue weighted by atomic mass is 10.1. The molecule has 2 aromatic rings. The lowest BCUT2D eigenvalue weighted by Crippen LogP contribution is -2.01. The summed E-state index contributed by atoms with van der Waals surface area (Å²) in [6.07, 6.45) is 0. The minimum Gasteiger partial charge on any atom is -0.494 e. The van der Waals surface area contributed by atoms with Crippen LogP contribution in [-0.2, 0) is 0 Å². The molecule has 0 fully saturated rings. The fraction of sp³-hybridized carbons (Fsp3) is 0.125. The van der Waals surface area contributed by atoms with E-state index in [1.807, 2.05) is 0 Å². The van der Waals surface area contributed by atoms with Crippen LogP contribution in [0.2, 0.25) is 0 Å². The molecule has 0 atom stereocenters. The van der Waals surface area contributed by atoms with Crippen LogP contribution in [0.3, 0.4) is 0 Å². The van der Waals surface area contributed by atoms with E-state index in [0.717, 1.165) is 0 Å². The van der Waals surface area contributed by atoms with Crippen LogP contribution in [0.4, 0.5) is 10.1 Å². The van der Waals surface area contributed by atoms with Crippen LogP contribution < -0.4 is 10.2 Å². The lowest BCUT2D eigenvalue weighted by molar-refractivity contribution is 0.0697. The molecule has 0 unspecified atom stereocenters. The summed E-state index contributed by atoms with van der Waals surface area (Å²) in [5, 5.41) is 13.0. The monoisotopic (exact) mass is 302 g/mol. The van der Waals surface area contributed by atoms with Gasteiger partial charge in [-0.25, -0.2) is 9.18 Å². The van der Waals surface area contributed by atoms with Crippen LogP contribution in [0.15, 0.2) is 47.6 Å². The maximum Gasteiger partial charge on any atom is 0.335 e. The zero-order valence-corrected chi connectivity index (χ0v) is 12.1. The maximum atomic E-state index is 13.6. The summed E-state index contributed by atoms with van der Waals surface area (Å²) in [7, 11) is 1.40. The number of rotatable bonds is 5. The molecule has 0 spiro atoms. The molecule has 2 aromatic carbocycles. The topological polar surface area (TPSA) is 70.9 Å². The summed E-state index contributed by atoms with van der Waals surface area (Å²) in [5.41, 5.74) is 4.84. The number of aromatic carboxylic acids is 1. The summed E-state index contributed by atoms with van der Waals surface area (Å²) < 4.78 is 18.5. The molecule has 0 saturated heterocycles. The van der Waals surface area contributed by atoms with E-state index in [-0.39, 0.29) is 11.3 Å². The van der Waals surface area contributed by atoms with Gasteiger partial charge >= 0.3 is 5.97 Å². The first-order chi connectivity index (χ1) is 10.5. The lowest BCUT2D eigenvalue weighted by Gasteiger charge is -2.06. The Hall–Kier alpha value is -2.89. The van der Waals surface area contributed by atoms with Gasteiger partial charge in [0.25, 0.3) is 0 Å². The van der Waals surface area contributed by atoms with Crippen LogP contribution >= 0.6 is 0 Å². The molecule has 2 N–H and O–H groups in total. The van der Waals surface area contributed by atoms with Crippen molar-refractivity contribution < 1.29 is 19.0 Å². The first kappa shape index (κ1) is 15.5. The van der Waals surface area contributed by atoms with Gasteiger partial charge in [0.1, 0.15) is 0 Å². The van der Waals surface area contributed by atoms with Crippen LogP contribution in [0.25, 0.3) is 0 Å². The van der Waals surface area contributed by atoms with Crippen molar-refractivity contribution in [3.8, 4) is 5.75 Å². The first-order valence-corrected chi connectivity index (χ1v) is 6.49. The summed E-state index contributed by atoms with van der Waals surface area (Å²) in [6.45, 7) is 1.74. The number of carboxylic acid groups (broad SMARTS) is 1. The molecule has 0 heterocycles. The van der Waals surface area contributed by atoms with Gasteiger partial charge in [0.15, 0.2) is 11.6 Å². The summed E-state index contributed by atoms with van der Waals surface area (Å²) in [4.78, 5) is 10.8. The largest absolute Gasteiger partial charge is 0.494 e. The van der Waals surface area contributed by atoms with Crippen molar-refractivity contribution in [3.63, 3.8) is 0 Å². The molecule has 0 aliphatic heterocycles. The van der Waals surface area contributed by atoms with Crippen molar-refractivity contribution >= 4 is 17.4 Å². The zero-order chi connectivity index (χ0) is 16.1. The van der Waals surface area contributed by atoms with Gasteiger partial charge < -0.3 is 9.84 Å². The number of hydrazone groups is 1. The number of methoxy groups -OCH3 is 1. The Bertz CT molecular complexity index is 712. The Morgan fingerprint density at radius 3 is 2.36 bits per heavy atom. The van der Waals surface area contributed by atoms with Gasteiger partial charge in [0.05, 0.1) is 24.1 Å². The summed E-state index contributed by atoms with van der Waals surface area (Å²) >= 11 is 0. The van der Waals surface area contributed by atoms with E-state index in [4.69, 9.17) is 9.84 Å². The van der Waals surface area contributed by atoms with Crippen molar-refractivity contribution in [1.29, 1.82) is 0 Å². The van der Waals surface area contributed by atoms with Crippen LogP contribution in [0, 0.1) is 5.82 Å². The molecule has 0 radical (unpaired) electrons. The SMILES string of the molecule is COc1ccc(/C(C)=N/Nc2ccc(C(=O)O)cc2)cc1F. The molecule has 2 rings (SSSR count). The number of hydrogen-bond donors (Lipinski definition) is 2. The Balaban J connectivity index is 2.12. The number of halogens is 1. The van der Waals surface area contributed by atoms with E-state index in [2.05, 4.69) is 10.5 Å². The predicted octanol–water partition coefficient (Wildman–Crippen LogP) is 3.37. The smallest absolute Gasteiger partial charge is 0.335 e. The number of hydrogen-bond acceptors (Lipinski definition) is 4. The van der Waals surface area contributed by atoms with E-state index >= 15 is 0 Å². The number of anilines is 1. The van der Waals surface area contributed by atoms with Crippen molar-refractivity contribution in [3.05, 3.63) is 59.4 Å². The average Bonchev–Trinajstić information content (AvgIpc) is 2.52. The third kappa shape index (κ3) is 3.60. The molecule has 0 bridgehead atoms. The summed E-state index contributed by atoms with van der Waals surface area (Å²) in [5.74, 6) is -1.27. The molecule has 5 nitrogen and oxygen atoms in total. The molecule has 0 aliphatic carbocycles. The van der Waals surface area contributed by atoms with Crippen LogP contribution in [-0.4, -0.2) is 23.9 Å². The second-order valence-corrected chi connectivity index (χ2v) is 4.54. The van der Waals surface area contributed by atoms with Gasteiger partial charge in [-0.05, 0) is 49.4 Å². The number of nitrogens with one attached hydrogen (secondary N) is 1. The number of carbonyl (C=O) groups is 1. The number of carboxylic acids is 1. The Morgan fingerprint density at radius 1 is 1.18 bits per heavy atom. The van der Waals surface area contributed by atoms with Crippen LogP contribution in [0.5, 0.6) is 5.75 Å². The highest BCUT2D eigenvalue weighted by Crippen LogP contribution is 2.18. The molecular weight excluding hydrogens is 287 g/mol. The highest BCUT2D eigenvalue weighted by atomic mass is 19.1. The standard InChI is InChI=1S/C16H15FN2O3/c1-10(12-5-8-15(22-2)14(17)9-12)18-19-13-6-3-11(4-7-13)16(20)21/h3-9,19H,1-2H3,(H,20,21)/b18-10+. The van der Waals surface area contributed by atoms with E-state index in [0.29, 0.717) is 17.0 Å². The van der Waals surface area contributed by atoms with Crippen molar-refractivity contribution in [2.45, 2.75) is 6.92 Å². The van der Waals surface area contributed by atoms with Gasteiger partial charge in [-0.3, -0.25) is 5.43 Å². The predicted molar refractivity (Wildman–Crippen MR) is 82.2 cm³/mol. The van der Waals surface area contributed by atoms with Gasteiger partial charge in [-0.1, -0.05) is 0 Å². The van der Waals surface area contributed by atoms with E-state index in [1.54, 1.807) is 25.1 Å². The van der Waals surface area contributed by atoms with Crippen molar-refractivity contribution in [2.24, 2.45) is 5.10 Å². The molecular formula is C16H15FN2O3. The van der Waals surface area contributed by atoms with Gasteiger partial charge in [-0.15, -0.1) is 0 Å². The van der Waals surface area contributed by atoms with Crippen molar-refractivity contribution in [1.82, 2.24) is 0 Å². The Morgan fingerprint density at radius 2 is 1.82 bits per heavy atom. The average molecular weight is 302 g/mol.